The Kier molecular flexibility index (Phi) is 1.99. The number of hydrogen-bond donors (Lipinski definition) is 2. The molecule has 0 aromatic carbocycles. The number of aliphatic hydroxyl groups is 1. The van der Waals surface area contributed by atoms with Crippen molar-refractivity contribution in [2.45, 2.75) is 31.3 Å². The average molecular weight is 197 g/mol. The van der Waals surface area contributed by atoms with Crippen LogP contribution in [-0.4, -0.2) is 25.8 Å². The highest BCUT2D eigenvalue weighted by Crippen LogP contribution is 2.39. The van der Waals surface area contributed by atoms with Gasteiger partial charge in [-0.05, 0) is 30.6 Å². The van der Waals surface area contributed by atoms with Crippen molar-refractivity contribution in [1.82, 2.24) is 10.2 Å². The second-order valence-corrected chi connectivity index (χ2v) is 3.73. The molecular weight excluding hydrogens is 186 g/mol. The van der Waals surface area contributed by atoms with E-state index in [0.29, 0.717) is 18.5 Å². The average Bonchev–Trinajstić information content (AvgIpc) is 2.68. The summed E-state index contributed by atoms with van der Waals surface area (Å²) >= 11 is 0. The quantitative estimate of drug-likeness (QED) is 0.551. The molecular formula is C8H11N3O3. The van der Waals surface area contributed by atoms with Crippen molar-refractivity contribution in [3.8, 4) is 0 Å². The molecule has 1 saturated carbocycles. The molecule has 1 aromatic rings. The molecule has 0 spiro atoms. The molecule has 6 nitrogen and oxygen atoms in total. The highest BCUT2D eigenvalue weighted by atomic mass is 16.6. The lowest BCUT2D eigenvalue weighted by Gasteiger charge is -2.02. The lowest BCUT2D eigenvalue weighted by atomic mass is 10.1. The van der Waals surface area contributed by atoms with Crippen LogP contribution in [0.15, 0.2) is 6.07 Å². The van der Waals surface area contributed by atoms with Crippen LogP contribution in [0.5, 0.6) is 0 Å². The fourth-order valence-electron chi connectivity index (χ4n) is 1.33. The SMILES string of the molecule is O=[N+]([O-])c1cc(CCC2(O)CC2)n[nH]1. The molecule has 1 fully saturated rings. The number of nitro groups is 1. The minimum absolute atomic E-state index is 0.0946. The molecule has 0 unspecified atom stereocenters. The first-order chi connectivity index (χ1) is 6.59. The third kappa shape index (κ3) is 1.90. The van der Waals surface area contributed by atoms with Crippen LogP contribution in [0.3, 0.4) is 0 Å². The van der Waals surface area contributed by atoms with Gasteiger partial charge in [0.2, 0.25) is 0 Å². The molecule has 0 atom stereocenters. The summed E-state index contributed by atoms with van der Waals surface area (Å²) in [6.45, 7) is 0. The van der Waals surface area contributed by atoms with Crippen LogP contribution in [0.1, 0.15) is 25.0 Å². The van der Waals surface area contributed by atoms with E-state index in [4.69, 9.17) is 0 Å². The lowest BCUT2D eigenvalue weighted by molar-refractivity contribution is -0.389. The van der Waals surface area contributed by atoms with Crippen LogP contribution >= 0.6 is 0 Å². The van der Waals surface area contributed by atoms with Crippen LogP contribution < -0.4 is 0 Å². The van der Waals surface area contributed by atoms with E-state index >= 15 is 0 Å². The van der Waals surface area contributed by atoms with Crippen molar-refractivity contribution in [3.05, 3.63) is 21.9 Å². The molecule has 0 aliphatic heterocycles. The number of hydrogen-bond acceptors (Lipinski definition) is 4. The van der Waals surface area contributed by atoms with Gasteiger partial charge in [0.25, 0.3) is 0 Å². The number of aryl methyl sites for hydroxylation is 1. The van der Waals surface area contributed by atoms with E-state index in [1.165, 1.54) is 6.07 Å². The first-order valence-corrected chi connectivity index (χ1v) is 4.50. The normalized spacial score (nSPS) is 18.1. The predicted octanol–water partition coefficient (Wildman–Crippen LogP) is 0.775. The third-order valence-electron chi connectivity index (χ3n) is 2.49. The summed E-state index contributed by atoms with van der Waals surface area (Å²) in [5.74, 6) is -0.0946. The molecule has 14 heavy (non-hydrogen) atoms. The zero-order chi connectivity index (χ0) is 10.2. The zero-order valence-electron chi connectivity index (χ0n) is 7.56. The van der Waals surface area contributed by atoms with Gasteiger partial charge < -0.3 is 15.2 Å². The van der Waals surface area contributed by atoms with Crippen molar-refractivity contribution in [1.29, 1.82) is 0 Å². The van der Waals surface area contributed by atoms with Crippen LogP contribution in [0, 0.1) is 10.1 Å². The van der Waals surface area contributed by atoms with Gasteiger partial charge in [0.15, 0.2) is 0 Å². The summed E-state index contributed by atoms with van der Waals surface area (Å²) in [7, 11) is 0. The Labute approximate surface area is 80.1 Å². The Bertz CT molecular complexity index is 356. The number of nitrogens with zero attached hydrogens (tertiary/aromatic N) is 2. The number of aromatic nitrogens is 2. The molecule has 6 heteroatoms. The maximum Gasteiger partial charge on any atom is 0.342 e. The Morgan fingerprint density at radius 1 is 1.71 bits per heavy atom. The van der Waals surface area contributed by atoms with Gasteiger partial charge in [-0.3, -0.25) is 0 Å². The largest absolute Gasteiger partial charge is 0.390 e. The molecule has 76 valence electrons. The fraction of sp³-hybridized carbons (Fsp3) is 0.625. The van der Waals surface area contributed by atoms with Crippen molar-refractivity contribution in [2.24, 2.45) is 0 Å². The molecule has 1 aliphatic carbocycles. The standard InChI is InChI=1S/C8H11N3O3/c12-8(3-4-8)2-1-6-5-7(10-9-6)11(13)14/h5,12H,1-4H2,(H,9,10). The van der Waals surface area contributed by atoms with E-state index in [9.17, 15) is 15.2 Å². The third-order valence-corrected chi connectivity index (χ3v) is 2.49. The number of aromatic amines is 1. The Hall–Kier alpha value is -1.43. The van der Waals surface area contributed by atoms with Gasteiger partial charge in [0.1, 0.15) is 0 Å². The van der Waals surface area contributed by atoms with Crippen LogP contribution in [0.2, 0.25) is 0 Å². The summed E-state index contributed by atoms with van der Waals surface area (Å²) in [6.07, 6.45) is 2.88. The summed E-state index contributed by atoms with van der Waals surface area (Å²) in [5, 5.41) is 26.0. The molecule has 1 aromatic heterocycles. The van der Waals surface area contributed by atoms with Gasteiger partial charge in [-0.2, -0.15) is 0 Å². The van der Waals surface area contributed by atoms with E-state index in [0.717, 1.165) is 12.8 Å². The molecule has 1 aliphatic rings. The summed E-state index contributed by atoms with van der Waals surface area (Å²) < 4.78 is 0. The first kappa shape index (κ1) is 9.14. The molecule has 0 saturated heterocycles. The summed E-state index contributed by atoms with van der Waals surface area (Å²) in [5.41, 5.74) is 0.116. The van der Waals surface area contributed by atoms with E-state index in [2.05, 4.69) is 10.2 Å². The minimum atomic E-state index is -0.520. The Balaban J connectivity index is 1.93. The second-order valence-electron chi connectivity index (χ2n) is 3.73. The minimum Gasteiger partial charge on any atom is -0.390 e. The number of rotatable bonds is 4. The highest BCUT2D eigenvalue weighted by molar-refractivity contribution is 5.21. The van der Waals surface area contributed by atoms with Gasteiger partial charge >= 0.3 is 5.82 Å². The van der Waals surface area contributed by atoms with Crippen molar-refractivity contribution < 1.29 is 10.0 Å². The maximum absolute atomic E-state index is 10.3. The van der Waals surface area contributed by atoms with E-state index in [1.54, 1.807) is 0 Å². The lowest BCUT2D eigenvalue weighted by Crippen LogP contribution is -2.07. The monoisotopic (exact) mass is 197 g/mol. The molecule has 0 radical (unpaired) electrons. The van der Waals surface area contributed by atoms with Crippen molar-refractivity contribution >= 4 is 5.82 Å². The Morgan fingerprint density at radius 2 is 2.43 bits per heavy atom. The predicted molar refractivity (Wildman–Crippen MR) is 47.7 cm³/mol. The number of H-pyrrole nitrogens is 1. The van der Waals surface area contributed by atoms with Gasteiger partial charge in [-0.25, -0.2) is 0 Å². The smallest absolute Gasteiger partial charge is 0.342 e. The topological polar surface area (TPSA) is 92.1 Å². The van der Waals surface area contributed by atoms with E-state index in [1.807, 2.05) is 0 Å². The molecule has 1 heterocycles. The van der Waals surface area contributed by atoms with Crippen molar-refractivity contribution in [2.75, 3.05) is 0 Å². The van der Waals surface area contributed by atoms with Crippen LogP contribution in [0.25, 0.3) is 0 Å². The highest BCUT2D eigenvalue weighted by Gasteiger charge is 2.39. The van der Waals surface area contributed by atoms with E-state index in [-0.39, 0.29) is 5.82 Å². The zero-order valence-corrected chi connectivity index (χ0v) is 7.56. The van der Waals surface area contributed by atoms with Gasteiger partial charge in [-0.15, -0.1) is 5.10 Å². The van der Waals surface area contributed by atoms with Crippen LogP contribution in [0.4, 0.5) is 5.82 Å². The first-order valence-electron chi connectivity index (χ1n) is 4.50. The number of nitrogens with one attached hydrogen (secondary N) is 1. The second kappa shape index (κ2) is 3.06. The summed E-state index contributed by atoms with van der Waals surface area (Å²) in [6, 6.07) is 1.41. The van der Waals surface area contributed by atoms with Gasteiger partial charge in [-0.1, -0.05) is 5.10 Å². The summed E-state index contributed by atoms with van der Waals surface area (Å²) in [4.78, 5) is 9.80. The van der Waals surface area contributed by atoms with Gasteiger partial charge in [0.05, 0.1) is 17.4 Å². The molecule has 2 rings (SSSR count). The molecule has 2 N–H and O–H groups in total. The Morgan fingerprint density at radius 3 is 2.93 bits per heavy atom. The maximum atomic E-state index is 10.3. The van der Waals surface area contributed by atoms with Crippen LogP contribution in [-0.2, 0) is 6.42 Å². The van der Waals surface area contributed by atoms with Gasteiger partial charge in [0, 0.05) is 0 Å². The van der Waals surface area contributed by atoms with Crippen molar-refractivity contribution in [3.63, 3.8) is 0 Å². The fourth-order valence-corrected chi connectivity index (χ4v) is 1.33. The molecule has 0 bridgehead atoms. The van der Waals surface area contributed by atoms with E-state index < -0.39 is 10.5 Å². The molecule has 0 amide bonds.